The van der Waals surface area contributed by atoms with Crippen molar-refractivity contribution >= 4 is 17.4 Å². The Kier molecular flexibility index (Phi) is 9.16. The molecule has 1 fully saturated rings. The highest BCUT2D eigenvalue weighted by atomic mass is 35.5. The molecular formula is C32H35ClN4O3. The van der Waals surface area contributed by atoms with E-state index in [1.807, 2.05) is 72.8 Å². The first kappa shape index (κ1) is 27.9. The molecule has 1 atom stereocenters. The second-order valence-corrected chi connectivity index (χ2v) is 10.5. The molecule has 1 aromatic heterocycles. The number of halogens is 1. The van der Waals surface area contributed by atoms with E-state index < -0.39 is 6.10 Å². The fourth-order valence-electron chi connectivity index (χ4n) is 4.97. The van der Waals surface area contributed by atoms with E-state index in [9.17, 15) is 5.11 Å². The van der Waals surface area contributed by atoms with Crippen LogP contribution in [0, 0.1) is 6.92 Å². The standard InChI is InChI=1S/C32H35ClN4O3/c1-23-30(20-24-7-6-10-26(33)19-24)32(35-31(34-23)25-8-4-3-5-9-25)37-17-15-36(16-18-37)21-27(38)22-40-29-13-11-28(39-2)12-14-29/h3-14,19,27,38H,15-18,20-22H2,1-2H3. The molecule has 1 unspecified atom stereocenters. The first-order chi connectivity index (χ1) is 19.5. The van der Waals surface area contributed by atoms with Crippen LogP contribution in [0.5, 0.6) is 11.5 Å². The summed E-state index contributed by atoms with van der Waals surface area (Å²) >= 11 is 6.29. The number of anilines is 1. The van der Waals surface area contributed by atoms with Gasteiger partial charge in [-0.25, -0.2) is 9.97 Å². The normalized spacial score (nSPS) is 14.7. The van der Waals surface area contributed by atoms with Crippen molar-refractivity contribution in [3.8, 4) is 22.9 Å². The largest absolute Gasteiger partial charge is 0.497 e. The Morgan fingerprint density at radius 1 is 0.900 bits per heavy atom. The van der Waals surface area contributed by atoms with Crippen LogP contribution in [0.4, 0.5) is 5.82 Å². The smallest absolute Gasteiger partial charge is 0.161 e. The lowest BCUT2D eigenvalue weighted by Gasteiger charge is -2.37. The van der Waals surface area contributed by atoms with Crippen LogP contribution in [0.2, 0.25) is 5.02 Å². The number of aromatic nitrogens is 2. The first-order valence-electron chi connectivity index (χ1n) is 13.6. The van der Waals surface area contributed by atoms with E-state index in [-0.39, 0.29) is 6.61 Å². The number of ether oxygens (including phenoxy) is 2. The van der Waals surface area contributed by atoms with Crippen LogP contribution in [0.15, 0.2) is 78.9 Å². The quantitative estimate of drug-likeness (QED) is 0.284. The fourth-order valence-corrected chi connectivity index (χ4v) is 5.19. The molecule has 40 heavy (non-hydrogen) atoms. The second-order valence-electron chi connectivity index (χ2n) is 10.0. The molecule has 1 saturated heterocycles. The molecule has 208 valence electrons. The lowest BCUT2D eigenvalue weighted by atomic mass is 10.0. The molecule has 7 nitrogen and oxygen atoms in total. The fraction of sp³-hybridized carbons (Fsp3) is 0.312. The van der Waals surface area contributed by atoms with Crippen molar-refractivity contribution < 1.29 is 14.6 Å². The Labute approximate surface area is 241 Å². The molecule has 0 saturated carbocycles. The van der Waals surface area contributed by atoms with Crippen LogP contribution in [0.3, 0.4) is 0 Å². The Bertz CT molecular complexity index is 1390. The van der Waals surface area contributed by atoms with Gasteiger partial charge in [-0.15, -0.1) is 0 Å². The van der Waals surface area contributed by atoms with Gasteiger partial charge >= 0.3 is 0 Å². The molecule has 8 heteroatoms. The minimum atomic E-state index is -0.585. The summed E-state index contributed by atoms with van der Waals surface area (Å²) in [6.07, 6.45) is 0.122. The molecule has 2 heterocycles. The minimum absolute atomic E-state index is 0.238. The third kappa shape index (κ3) is 7.10. The highest BCUT2D eigenvalue weighted by Crippen LogP contribution is 2.29. The molecule has 3 aromatic carbocycles. The monoisotopic (exact) mass is 558 g/mol. The Balaban J connectivity index is 1.27. The minimum Gasteiger partial charge on any atom is -0.497 e. The van der Waals surface area contributed by atoms with Gasteiger partial charge in [-0.1, -0.05) is 54.1 Å². The van der Waals surface area contributed by atoms with Crippen molar-refractivity contribution in [3.63, 3.8) is 0 Å². The average molecular weight is 559 g/mol. The van der Waals surface area contributed by atoms with Crippen molar-refractivity contribution in [3.05, 3.63) is 101 Å². The van der Waals surface area contributed by atoms with E-state index in [0.29, 0.717) is 18.7 Å². The van der Waals surface area contributed by atoms with Crippen LogP contribution < -0.4 is 14.4 Å². The number of aliphatic hydroxyl groups excluding tert-OH is 1. The van der Waals surface area contributed by atoms with Crippen LogP contribution in [-0.4, -0.2) is 72.5 Å². The lowest BCUT2D eigenvalue weighted by Crippen LogP contribution is -2.49. The van der Waals surface area contributed by atoms with Gasteiger partial charge in [0.1, 0.15) is 30.0 Å². The van der Waals surface area contributed by atoms with Crippen molar-refractivity contribution in [1.82, 2.24) is 14.9 Å². The zero-order valence-electron chi connectivity index (χ0n) is 23.0. The van der Waals surface area contributed by atoms with Crippen LogP contribution in [-0.2, 0) is 6.42 Å². The molecule has 0 spiro atoms. The van der Waals surface area contributed by atoms with E-state index in [2.05, 4.69) is 22.8 Å². The molecule has 0 amide bonds. The molecule has 1 aliphatic rings. The SMILES string of the molecule is COc1ccc(OCC(O)CN2CCN(c3nc(-c4ccccc4)nc(C)c3Cc3cccc(Cl)c3)CC2)cc1. The second kappa shape index (κ2) is 13.1. The van der Waals surface area contributed by atoms with Gasteiger partial charge in [0.15, 0.2) is 5.82 Å². The summed E-state index contributed by atoms with van der Waals surface area (Å²) in [6.45, 7) is 6.10. The molecule has 0 aliphatic carbocycles. The summed E-state index contributed by atoms with van der Waals surface area (Å²) in [5.74, 6) is 3.19. The van der Waals surface area contributed by atoms with Crippen LogP contribution >= 0.6 is 11.6 Å². The van der Waals surface area contributed by atoms with E-state index in [1.54, 1.807) is 7.11 Å². The third-order valence-electron chi connectivity index (χ3n) is 7.14. The predicted octanol–water partition coefficient (Wildman–Crippen LogP) is 5.27. The third-order valence-corrected chi connectivity index (χ3v) is 7.37. The molecular weight excluding hydrogens is 524 g/mol. The molecule has 0 radical (unpaired) electrons. The average Bonchev–Trinajstić information content (AvgIpc) is 2.98. The molecule has 1 N–H and O–H groups in total. The van der Waals surface area contributed by atoms with Gasteiger partial charge in [-0.2, -0.15) is 0 Å². The summed E-state index contributed by atoms with van der Waals surface area (Å²) in [6, 6.07) is 25.5. The van der Waals surface area contributed by atoms with Gasteiger partial charge in [0.25, 0.3) is 0 Å². The van der Waals surface area contributed by atoms with Gasteiger partial charge in [0.05, 0.1) is 7.11 Å². The maximum absolute atomic E-state index is 10.6. The molecule has 1 aliphatic heterocycles. The van der Waals surface area contributed by atoms with Crippen molar-refractivity contribution in [2.75, 3.05) is 51.3 Å². The van der Waals surface area contributed by atoms with E-state index >= 15 is 0 Å². The highest BCUT2D eigenvalue weighted by molar-refractivity contribution is 6.30. The van der Waals surface area contributed by atoms with Gasteiger partial charge in [0.2, 0.25) is 0 Å². The number of piperazine rings is 1. The number of hydrogen-bond donors (Lipinski definition) is 1. The summed E-state index contributed by atoms with van der Waals surface area (Å²) in [7, 11) is 1.63. The summed E-state index contributed by atoms with van der Waals surface area (Å²) < 4.78 is 11.0. The van der Waals surface area contributed by atoms with Crippen molar-refractivity contribution in [2.45, 2.75) is 19.4 Å². The summed E-state index contributed by atoms with van der Waals surface area (Å²) in [5, 5.41) is 11.4. The topological polar surface area (TPSA) is 71.0 Å². The zero-order chi connectivity index (χ0) is 27.9. The lowest BCUT2D eigenvalue weighted by molar-refractivity contribution is 0.0662. The molecule has 0 bridgehead atoms. The number of benzene rings is 3. The Hall–Kier alpha value is -3.65. The number of aliphatic hydroxyl groups is 1. The van der Waals surface area contributed by atoms with E-state index in [4.69, 9.17) is 31.0 Å². The maximum Gasteiger partial charge on any atom is 0.161 e. The highest BCUT2D eigenvalue weighted by Gasteiger charge is 2.24. The van der Waals surface area contributed by atoms with Crippen LogP contribution in [0.1, 0.15) is 16.8 Å². The molecule has 5 rings (SSSR count). The Morgan fingerprint density at radius 2 is 1.62 bits per heavy atom. The summed E-state index contributed by atoms with van der Waals surface area (Å²) in [5.41, 5.74) is 4.21. The maximum atomic E-state index is 10.6. The van der Waals surface area contributed by atoms with Gasteiger partial charge in [-0.3, -0.25) is 4.90 Å². The van der Waals surface area contributed by atoms with Gasteiger partial charge in [-0.05, 0) is 48.9 Å². The number of β-amino-alcohol motifs (C(OH)–C–C–N with tert-alkyl or cyclic N) is 1. The van der Waals surface area contributed by atoms with Crippen molar-refractivity contribution in [2.24, 2.45) is 0 Å². The van der Waals surface area contributed by atoms with E-state index in [1.165, 1.54) is 0 Å². The molecule has 4 aromatic rings. The zero-order valence-corrected chi connectivity index (χ0v) is 23.7. The van der Waals surface area contributed by atoms with Gasteiger partial charge in [0, 0.05) is 61.0 Å². The number of aryl methyl sites for hydroxylation is 1. The number of methoxy groups -OCH3 is 1. The number of nitrogens with zero attached hydrogens (tertiary/aromatic N) is 4. The van der Waals surface area contributed by atoms with Gasteiger partial charge < -0.3 is 19.5 Å². The summed E-state index contributed by atoms with van der Waals surface area (Å²) in [4.78, 5) is 14.6. The number of rotatable bonds is 10. The Morgan fingerprint density at radius 3 is 2.33 bits per heavy atom. The van der Waals surface area contributed by atoms with Crippen LogP contribution in [0.25, 0.3) is 11.4 Å². The van der Waals surface area contributed by atoms with Crippen molar-refractivity contribution in [1.29, 1.82) is 0 Å². The first-order valence-corrected chi connectivity index (χ1v) is 14.0. The van der Waals surface area contributed by atoms with E-state index in [0.717, 1.165) is 71.0 Å². The predicted molar refractivity (Wildman–Crippen MR) is 160 cm³/mol. The number of hydrogen-bond acceptors (Lipinski definition) is 7.